The Labute approximate surface area is 231 Å². The molecule has 9 heteroatoms. The van der Waals surface area contributed by atoms with Crippen LogP contribution in [0, 0.1) is 0 Å². The predicted molar refractivity (Wildman–Crippen MR) is 147 cm³/mol. The predicted octanol–water partition coefficient (Wildman–Crippen LogP) is 4.23. The molecule has 39 heavy (non-hydrogen) atoms. The number of hydrogen-bond acceptors (Lipinski definition) is 6. The molecule has 0 unspecified atom stereocenters. The van der Waals surface area contributed by atoms with Gasteiger partial charge in [0.2, 0.25) is 5.91 Å². The summed E-state index contributed by atoms with van der Waals surface area (Å²) in [5.41, 5.74) is 1.73. The van der Waals surface area contributed by atoms with E-state index in [4.69, 9.17) is 21.4 Å². The molecule has 0 aromatic heterocycles. The van der Waals surface area contributed by atoms with E-state index < -0.39 is 23.7 Å². The summed E-state index contributed by atoms with van der Waals surface area (Å²) in [5.74, 6) is -1.02. The third-order valence-electron chi connectivity index (χ3n) is 7.77. The number of rotatable bonds is 5. The number of hydrazone groups is 1. The van der Waals surface area contributed by atoms with E-state index in [0.29, 0.717) is 22.7 Å². The lowest BCUT2D eigenvalue weighted by Gasteiger charge is -2.45. The third-order valence-corrected chi connectivity index (χ3v) is 8.00. The maximum Gasteiger partial charge on any atom is 0.354 e. The first-order valence-corrected chi connectivity index (χ1v) is 13.3. The van der Waals surface area contributed by atoms with Crippen molar-refractivity contribution in [1.29, 1.82) is 0 Å². The molecular weight excluding hydrogens is 516 g/mol. The van der Waals surface area contributed by atoms with Crippen molar-refractivity contribution >= 4 is 40.8 Å². The summed E-state index contributed by atoms with van der Waals surface area (Å²) in [6, 6.07) is 23.6. The third kappa shape index (κ3) is 3.81. The van der Waals surface area contributed by atoms with Gasteiger partial charge in [-0.3, -0.25) is 9.59 Å². The molecule has 3 aliphatic rings. The van der Waals surface area contributed by atoms with E-state index in [1.165, 1.54) is 0 Å². The molecule has 8 nitrogen and oxygen atoms in total. The van der Waals surface area contributed by atoms with E-state index in [1.807, 2.05) is 60.7 Å². The summed E-state index contributed by atoms with van der Waals surface area (Å²) in [6.45, 7) is 1.95. The van der Waals surface area contributed by atoms with Crippen LogP contribution in [0.4, 0.5) is 5.69 Å². The second-order valence-corrected chi connectivity index (χ2v) is 10.4. The van der Waals surface area contributed by atoms with Crippen LogP contribution in [0.3, 0.4) is 0 Å². The lowest BCUT2D eigenvalue weighted by molar-refractivity contribution is -0.135. The van der Waals surface area contributed by atoms with E-state index in [1.54, 1.807) is 47.0 Å². The van der Waals surface area contributed by atoms with Gasteiger partial charge in [0, 0.05) is 24.9 Å². The zero-order valence-electron chi connectivity index (χ0n) is 21.6. The van der Waals surface area contributed by atoms with Gasteiger partial charge in [0.15, 0.2) is 0 Å². The van der Waals surface area contributed by atoms with Crippen LogP contribution in [-0.2, 0) is 26.3 Å². The minimum absolute atomic E-state index is 0.141. The van der Waals surface area contributed by atoms with Crippen molar-refractivity contribution in [1.82, 2.24) is 9.80 Å². The minimum atomic E-state index is -1.09. The fourth-order valence-electron chi connectivity index (χ4n) is 6.13. The first-order valence-electron chi connectivity index (χ1n) is 12.9. The molecule has 0 bridgehead atoms. The average Bonchev–Trinajstić information content (AvgIpc) is 3.44. The molecule has 1 saturated heterocycles. The monoisotopic (exact) mass is 542 g/mol. The van der Waals surface area contributed by atoms with Crippen LogP contribution in [0.2, 0.25) is 5.02 Å². The molecule has 3 aromatic rings. The second kappa shape index (κ2) is 9.54. The molecule has 0 spiro atoms. The van der Waals surface area contributed by atoms with Crippen molar-refractivity contribution in [3.05, 3.63) is 101 Å². The topological polar surface area (TPSA) is 82.5 Å². The van der Waals surface area contributed by atoms with Gasteiger partial charge in [-0.2, -0.15) is 5.10 Å². The Kier molecular flexibility index (Phi) is 6.14. The Bertz CT molecular complexity index is 1500. The van der Waals surface area contributed by atoms with Crippen molar-refractivity contribution in [2.24, 2.45) is 5.10 Å². The first kappa shape index (κ1) is 25.1. The summed E-state index contributed by atoms with van der Waals surface area (Å²) in [7, 11) is 1.71. The van der Waals surface area contributed by atoms with Gasteiger partial charge < -0.3 is 14.5 Å². The standard InChI is InChI=1S/C30H27ClN4O4/c1-3-39-28(38)23-18-30(20-12-8-5-9-13-20)29-33(2)27(37)25(16-19-10-6-4-7-11-19)34(29)26(36)22-17-21(31)14-15-24(22)35(30)32-23/h4-15,17,25,29H,3,16,18H2,1-2H3/t25-,29+,30-/m0/s1. The molecule has 6 rings (SSSR count). The summed E-state index contributed by atoms with van der Waals surface area (Å²) in [4.78, 5) is 44.7. The molecular formula is C30H27ClN4O4. The first-order chi connectivity index (χ1) is 18.9. The molecule has 3 aliphatic heterocycles. The number of esters is 1. The highest BCUT2D eigenvalue weighted by Crippen LogP contribution is 2.52. The Morgan fingerprint density at radius 1 is 1.05 bits per heavy atom. The van der Waals surface area contributed by atoms with Crippen molar-refractivity contribution in [3.8, 4) is 0 Å². The van der Waals surface area contributed by atoms with Crippen LogP contribution in [0.15, 0.2) is 84.0 Å². The molecule has 0 aliphatic carbocycles. The number of amides is 2. The van der Waals surface area contributed by atoms with Crippen LogP contribution in [-0.4, -0.2) is 59.2 Å². The fraction of sp³-hybridized carbons (Fsp3) is 0.267. The molecule has 198 valence electrons. The van der Waals surface area contributed by atoms with Crippen LogP contribution in [0.1, 0.15) is 34.8 Å². The molecule has 0 radical (unpaired) electrons. The summed E-state index contributed by atoms with van der Waals surface area (Å²) in [6.07, 6.45) is -0.281. The lowest BCUT2D eigenvalue weighted by Crippen LogP contribution is -2.60. The van der Waals surface area contributed by atoms with Crippen LogP contribution in [0.25, 0.3) is 0 Å². The van der Waals surface area contributed by atoms with Gasteiger partial charge >= 0.3 is 5.97 Å². The maximum atomic E-state index is 14.4. The van der Waals surface area contributed by atoms with Gasteiger partial charge in [-0.1, -0.05) is 72.3 Å². The number of carbonyl (C=O) groups is 3. The van der Waals surface area contributed by atoms with Gasteiger partial charge in [0.25, 0.3) is 5.91 Å². The number of halogens is 1. The van der Waals surface area contributed by atoms with E-state index in [0.717, 1.165) is 11.1 Å². The number of carbonyl (C=O) groups excluding carboxylic acids is 3. The van der Waals surface area contributed by atoms with E-state index >= 15 is 0 Å². The number of hydrogen-bond donors (Lipinski definition) is 0. The Morgan fingerprint density at radius 2 is 1.74 bits per heavy atom. The summed E-state index contributed by atoms with van der Waals surface area (Å²) in [5, 5.41) is 6.91. The number of fused-ring (bicyclic) bond motifs is 5. The molecule has 2 amide bonds. The minimum Gasteiger partial charge on any atom is -0.461 e. The summed E-state index contributed by atoms with van der Waals surface area (Å²) >= 11 is 6.40. The van der Waals surface area contributed by atoms with Crippen molar-refractivity contribution in [3.63, 3.8) is 0 Å². The highest BCUT2D eigenvalue weighted by atomic mass is 35.5. The molecule has 3 heterocycles. The van der Waals surface area contributed by atoms with Crippen molar-refractivity contribution < 1.29 is 19.1 Å². The molecule has 3 aromatic carbocycles. The Balaban J connectivity index is 1.62. The molecule has 0 saturated carbocycles. The van der Waals surface area contributed by atoms with E-state index in [2.05, 4.69) is 0 Å². The number of anilines is 1. The lowest BCUT2D eigenvalue weighted by atomic mass is 9.81. The normalized spacial score (nSPS) is 23.7. The Morgan fingerprint density at radius 3 is 2.44 bits per heavy atom. The van der Waals surface area contributed by atoms with E-state index in [-0.39, 0.29) is 30.6 Å². The highest BCUT2D eigenvalue weighted by Gasteiger charge is 2.64. The van der Waals surface area contributed by atoms with Gasteiger partial charge in [0.05, 0.1) is 17.9 Å². The number of likely N-dealkylation sites (N-methyl/N-ethyl adjacent to an activating group) is 1. The van der Waals surface area contributed by atoms with Gasteiger partial charge in [-0.25, -0.2) is 9.80 Å². The maximum absolute atomic E-state index is 14.4. The van der Waals surface area contributed by atoms with Gasteiger partial charge in [-0.15, -0.1) is 0 Å². The second-order valence-electron chi connectivity index (χ2n) is 9.95. The van der Waals surface area contributed by atoms with Crippen molar-refractivity contribution in [2.75, 3.05) is 18.7 Å². The van der Waals surface area contributed by atoms with Crippen LogP contribution >= 0.6 is 11.6 Å². The molecule has 3 atom stereocenters. The largest absolute Gasteiger partial charge is 0.461 e. The quantitative estimate of drug-likeness (QED) is 0.451. The zero-order chi connectivity index (χ0) is 27.3. The van der Waals surface area contributed by atoms with Crippen LogP contribution < -0.4 is 5.01 Å². The van der Waals surface area contributed by atoms with Gasteiger partial charge in [-0.05, 0) is 36.2 Å². The van der Waals surface area contributed by atoms with Gasteiger partial charge in [0.1, 0.15) is 23.5 Å². The fourth-order valence-corrected chi connectivity index (χ4v) is 6.31. The van der Waals surface area contributed by atoms with E-state index in [9.17, 15) is 14.4 Å². The average molecular weight is 543 g/mol. The SMILES string of the molecule is CCOC(=O)C1=NN2c3ccc(Cl)cc3C(=O)N3[C@@H](N(C)C(=O)[C@@H]3Cc3ccccc3)[C@@]2(c2ccccc2)C1. The number of benzene rings is 3. The molecule has 1 fully saturated rings. The Hall–Kier alpha value is -4.17. The highest BCUT2D eigenvalue weighted by molar-refractivity contribution is 6.38. The summed E-state index contributed by atoms with van der Waals surface area (Å²) < 4.78 is 5.35. The zero-order valence-corrected chi connectivity index (χ0v) is 22.3. The molecule has 0 N–H and O–H groups in total. The van der Waals surface area contributed by atoms with Crippen LogP contribution in [0.5, 0.6) is 0 Å². The number of nitrogens with zero attached hydrogens (tertiary/aromatic N) is 4. The van der Waals surface area contributed by atoms with Crippen molar-refractivity contribution in [2.45, 2.75) is 37.5 Å². The number of ether oxygens (including phenoxy) is 1. The smallest absolute Gasteiger partial charge is 0.354 e.